The summed E-state index contributed by atoms with van der Waals surface area (Å²) < 4.78 is 29.7. The van der Waals surface area contributed by atoms with Crippen LogP contribution in [0.5, 0.6) is 0 Å². The van der Waals surface area contributed by atoms with E-state index in [0.29, 0.717) is 48.6 Å². The van der Waals surface area contributed by atoms with Gasteiger partial charge in [-0.15, -0.1) is 0 Å². The Morgan fingerprint density at radius 3 is 2.50 bits per heavy atom. The molecule has 0 radical (unpaired) electrons. The molecule has 3 aliphatic rings. The molecule has 5 rings (SSSR count). The number of carbonyl (C=O) groups is 3. The number of carbonyl (C=O) groups excluding carboxylic acids is 3. The molecule has 2 amide bonds. The number of rotatable bonds is 11. The number of fused-ring (bicyclic) bond motifs is 1. The van der Waals surface area contributed by atoms with Gasteiger partial charge >= 0.3 is 5.97 Å². The number of halogens is 1. The standard InChI is InChI=1S/C34H48FN3O6/c1-3-4-17-43-34(41)30-19-24-18-25(11-14-29(24)44-30)37-32(39)31-27(21-9-12-26(42-2)13-10-21)15-16-38(31)33(40)23-7-5-22(6-8-23)28(36)20-35/h11,14,18-19,21-23,26-28,31H,3-10,12-13,15-17,20,36H2,1-2H3,(H,37,39)/t21?,22?,23?,26?,27-,28+,31-/m0/s1. The van der Waals surface area contributed by atoms with Gasteiger partial charge in [0.05, 0.1) is 12.7 Å². The van der Waals surface area contributed by atoms with Crippen LogP contribution in [-0.4, -0.2) is 67.8 Å². The second-order valence-corrected chi connectivity index (χ2v) is 13.0. The number of esters is 1. The number of amides is 2. The number of nitrogens with two attached hydrogens (primary N) is 1. The quantitative estimate of drug-likeness (QED) is 0.241. The van der Waals surface area contributed by atoms with E-state index in [0.717, 1.165) is 57.8 Å². The molecule has 1 aromatic heterocycles. The normalized spacial score (nSPS) is 28.1. The molecule has 0 unspecified atom stereocenters. The van der Waals surface area contributed by atoms with Crippen molar-refractivity contribution in [2.24, 2.45) is 29.4 Å². The van der Waals surface area contributed by atoms with Crippen LogP contribution in [0.4, 0.5) is 10.1 Å². The van der Waals surface area contributed by atoms with Gasteiger partial charge in [-0.2, -0.15) is 0 Å². The topological polar surface area (TPSA) is 124 Å². The number of likely N-dealkylation sites (tertiary alicyclic amines) is 1. The second-order valence-electron chi connectivity index (χ2n) is 13.0. The maximum Gasteiger partial charge on any atom is 0.374 e. The van der Waals surface area contributed by atoms with Crippen molar-refractivity contribution in [2.75, 3.05) is 32.3 Å². The highest BCUT2D eigenvalue weighted by atomic mass is 19.1. The Hall–Kier alpha value is -2.98. The monoisotopic (exact) mass is 613 g/mol. The van der Waals surface area contributed by atoms with E-state index in [1.54, 1.807) is 31.4 Å². The van der Waals surface area contributed by atoms with Crippen LogP contribution in [0.1, 0.15) is 88.1 Å². The Morgan fingerprint density at radius 1 is 1.07 bits per heavy atom. The van der Waals surface area contributed by atoms with Crippen LogP contribution >= 0.6 is 0 Å². The Kier molecular flexibility index (Phi) is 11.0. The van der Waals surface area contributed by atoms with Gasteiger partial charge in [0.2, 0.25) is 17.6 Å². The number of benzene rings is 1. The van der Waals surface area contributed by atoms with Crippen molar-refractivity contribution in [2.45, 2.75) is 95.7 Å². The number of furan rings is 1. The lowest BCUT2D eigenvalue weighted by molar-refractivity contribution is -0.142. The zero-order valence-electron chi connectivity index (χ0n) is 26.1. The van der Waals surface area contributed by atoms with Crippen molar-refractivity contribution < 1.29 is 32.7 Å². The van der Waals surface area contributed by atoms with Crippen molar-refractivity contribution in [3.8, 4) is 0 Å². The Bertz CT molecular complexity index is 1280. The average Bonchev–Trinajstić information content (AvgIpc) is 3.69. The molecular weight excluding hydrogens is 565 g/mol. The maximum absolute atomic E-state index is 14.1. The third kappa shape index (κ3) is 7.28. The molecule has 0 bridgehead atoms. The zero-order valence-corrected chi connectivity index (χ0v) is 26.1. The van der Waals surface area contributed by atoms with Crippen LogP contribution < -0.4 is 11.1 Å². The number of hydrogen-bond acceptors (Lipinski definition) is 7. The van der Waals surface area contributed by atoms with Gasteiger partial charge in [-0.3, -0.25) is 9.59 Å². The van der Waals surface area contributed by atoms with Crippen LogP contribution in [0.3, 0.4) is 0 Å². The molecule has 0 spiro atoms. The summed E-state index contributed by atoms with van der Waals surface area (Å²) in [6.07, 6.45) is 9.41. The van der Waals surface area contributed by atoms with Crippen molar-refractivity contribution in [1.29, 1.82) is 0 Å². The number of ether oxygens (including phenoxy) is 2. The Morgan fingerprint density at radius 2 is 1.82 bits per heavy atom. The summed E-state index contributed by atoms with van der Waals surface area (Å²) in [5.74, 6) is -0.211. The van der Waals surface area contributed by atoms with Crippen LogP contribution in [0, 0.1) is 23.7 Å². The third-order valence-corrected chi connectivity index (χ3v) is 10.3. The average molecular weight is 614 g/mol. The lowest BCUT2D eigenvalue weighted by Crippen LogP contribution is -2.50. The molecule has 242 valence electrons. The van der Waals surface area contributed by atoms with Gasteiger partial charge in [-0.25, -0.2) is 9.18 Å². The molecule has 1 aliphatic heterocycles. The minimum Gasteiger partial charge on any atom is -0.460 e. The van der Waals surface area contributed by atoms with Gasteiger partial charge in [0.15, 0.2) is 0 Å². The van der Waals surface area contributed by atoms with E-state index in [-0.39, 0.29) is 41.4 Å². The molecule has 3 fully saturated rings. The molecule has 2 aliphatic carbocycles. The minimum atomic E-state index is -0.568. The molecule has 1 aromatic carbocycles. The lowest BCUT2D eigenvalue weighted by Gasteiger charge is -2.37. The third-order valence-electron chi connectivity index (χ3n) is 10.3. The van der Waals surface area contributed by atoms with Crippen LogP contribution in [0.25, 0.3) is 11.0 Å². The SMILES string of the molecule is CCCCOC(=O)c1cc2cc(NC(=O)[C@@H]3[C@H](C4CCC(OC)CC4)CCN3C(=O)C3CCC([C@H](N)CF)CC3)ccc2o1. The first kappa shape index (κ1) is 32.4. The van der Waals surface area contributed by atoms with Gasteiger partial charge in [0.1, 0.15) is 18.3 Å². The summed E-state index contributed by atoms with van der Waals surface area (Å²) in [6.45, 7) is 2.38. The molecule has 9 nitrogen and oxygen atoms in total. The van der Waals surface area contributed by atoms with Gasteiger partial charge < -0.3 is 29.8 Å². The van der Waals surface area contributed by atoms with Crippen molar-refractivity contribution in [3.63, 3.8) is 0 Å². The fourth-order valence-corrected chi connectivity index (χ4v) is 7.62. The summed E-state index contributed by atoms with van der Waals surface area (Å²) in [5.41, 5.74) is 7.07. The van der Waals surface area contributed by atoms with E-state index in [9.17, 15) is 18.8 Å². The van der Waals surface area contributed by atoms with Gasteiger partial charge in [-0.05, 0) is 106 Å². The highest BCUT2D eigenvalue weighted by Crippen LogP contribution is 2.42. The van der Waals surface area contributed by atoms with E-state index in [2.05, 4.69) is 5.32 Å². The molecule has 2 saturated carbocycles. The number of hydrogen-bond donors (Lipinski definition) is 2. The first-order valence-electron chi connectivity index (χ1n) is 16.5. The van der Waals surface area contributed by atoms with E-state index < -0.39 is 24.7 Å². The number of anilines is 1. The van der Waals surface area contributed by atoms with E-state index >= 15 is 0 Å². The first-order valence-corrected chi connectivity index (χ1v) is 16.5. The van der Waals surface area contributed by atoms with Gasteiger partial charge in [0.25, 0.3) is 0 Å². The summed E-state index contributed by atoms with van der Waals surface area (Å²) >= 11 is 0. The maximum atomic E-state index is 14.1. The van der Waals surface area contributed by atoms with Crippen molar-refractivity contribution >= 4 is 34.4 Å². The van der Waals surface area contributed by atoms with Crippen LogP contribution in [0.2, 0.25) is 0 Å². The summed E-state index contributed by atoms with van der Waals surface area (Å²) in [6, 6.07) is 5.86. The molecule has 2 aromatic rings. The smallest absolute Gasteiger partial charge is 0.374 e. The van der Waals surface area contributed by atoms with Gasteiger partial charge in [-0.1, -0.05) is 13.3 Å². The zero-order chi connectivity index (χ0) is 31.2. The molecule has 44 heavy (non-hydrogen) atoms. The molecule has 2 heterocycles. The van der Waals surface area contributed by atoms with E-state index in [1.165, 1.54) is 0 Å². The fraction of sp³-hybridized carbons (Fsp3) is 0.676. The molecule has 10 heteroatoms. The predicted molar refractivity (Wildman–Crippen MR) is 166 cm³/mol. The number of methoxy groups -OCH3 is 1. The van der Waals surface area contributed by atoms with E-state index in [1.807, 2.05) is 11.8 Å². The van der Waals surface area contributed by atoms with Gasteiger partial charge in [0, 0.05) is 36.7 Å². The highest BCUT2D eigenvalue weighted by Gasteiger charge is 2.47. The Labute approximate surface area is 259 Å². The summed E-state index contributed by atoms with van der Waals surface area (Å²) in [5, 5.41) is 3.77. The molecule has 3 N–H and O–H groups in total. The summed E-state index contributed by atoms with van der Waals surface area (Å²) in [7, 11) is 1.75. The number of nitrogens with one attached hydrogen (secondary N) is 1. The second kappa shape index (κ2) is 14.9. The van der Waals surface area contributed by atoms with Crippen molar-refractivity contribution in [3.05, 3.63) is 30.0 Å². The number of alkyl halides is 1. The summed E-state index contributed by atoms with van der Waals surface area (Å²) in [4.78, 5) is 42.2. The van der Waals surface area contributed by atoms with Crippen LogP contribution in [0.15, 0.2) is 28.7 Å². The van der Waals surface area contributed by atoms with E-state index in [4.69, 9.17) is 19.6 Å². The lowest BCUT2D eigenvalue weighted by atomic mass is 9.75. The number of nitrogens with zero attached hydrogens (tertiary/aromatic N) is 1. The Balaban J connectivity index is 1.31. The molecular formula is C34H48FN3O6. The molecule has 3 atom stereocenters. The minimum absolute atomic E-state index is 0.0296. The van der Waals surface area contributed by atoms with Crippen LogP contribution in [-0.2, 0) is 19.1 Å². The highest BCUT2D eigenvalue weighted by molar-refractivity contribution is 6.00. The first-order chi connectivity index (χ1) is 21.3. The van der Waals surface area contributed by atoms with Crippen molar-refractivity contribution in [1.82, 2.24) is 4.90 Å². The molecule has 1 saturated heterocycles. The number of unbranched alkanes of at least 4 members (excludes halogenated alkanes) is 1. The largest absolute Gasteiger partial charge is 0.460 e. The fourth-order valence-electron chi connectivity index (χ4n) is 7.62. The predicted octanol–water partition coefficient (Wildman–Crippen LogP) is 5.85.